The van der Waals surface area contributed by atoms with Crippen LogP contribution in [0.15, 0.2) is 35.5 Å². The largest absolute Gasteiger partial charge is 0.493 e. The summed E-state index contributed by atoms with van der Waals surface area (Å²) in [6.07, 6.45) is 3.38. The zero-order valence-electron chi connectivity index (χ0n) is 15.4. The third kappa shape index (κ3) is 2.39. The van der Waals surface area contributed by atoms with E-state index in [2.05, 4.69) is 48.8 Å². The Labute approximate surface area is 164 Å². The summed E-state index contributed by atoms with van der Waals surface area (Å²) in [5.41, 5.74) is 2.75. The van der Waals surface area contributed by atoms with Gasteiger partial charge in [0.1, 0.15) is 0 Å². The molecule has 3 aliphatic rings. The molecule has 1 spiro atoms. The molecule has 0 amide bonds. The highest BCUT2D eigenvalue weighted by molar-refractivity contribution is 7.80. The molecule has 27 heavy (non-hydrogen) atoms. The van der Waals surface area contributed by atoms with E-state index in [9.17, 15) is 5.11 Å². The molecule has 1 saturated heterocycles. The summed E-state index contributed by atoms with van der Waals surface area (Å²) in [5.74, 6) is 0.114. The van der Waals surface area contributed by atoms with Crippen molar-refractivity contribution < 1.29 is 14.6 Å². The maximum absolute atomic E-state index is 10.5. The highest BCUT2D eigenvalue weighted by atomic mass is 32.1. The maximum atomic E-state index is 10.5. The number of thiol groups is 1. The van der Waals surface area contributed by atoms with E-state index in [1.807, 2.05) is 6.07 Å². The van der Waals surface area contributed by atoms with Gasteiger partial charge in [0, 0.05) is 23.3 Å². The van der Waals surface area contributed by atoms with Crippen LogP contribution in [0.5, 0.6) is 5.88 Å². The lowest BCUT2D eigenvalue weighted by molar-refractivity contribution is -0.232. The maximum Gasteiger partial charge on any atom is 0.218 e. The molecule has 1 aromatic heterocycles. The number of nitrogens with zero attached hydrogens (tertiary/aromatic N) is 2. The molecule has 2 aliphatic carbocycles. The Morgan fingerprint density at radius 3 is 2.59 bits per heavy atom. The topological polar surface area (TPSA) is 64.5 Å². The van der Waals surface area contributed by atoms with Gasteiger partial charge in [-0.3, -0.25) is 0 Å². The van der Waals surface area contributed by atoms with Crippen LogP contribution in [0.4, 0.5) is 0 Å². The number of aromatic nitrogens is 2. The Morgan fingerprint density at radius 2 is 1.85 bits per heavy atom. The first-order valence-corrected chi connectivity index (χ1v) is 10.1. The summed E-state index contributed by atoms with van der Waals surface area (Å²) in [4.78, 5) is 8.87. The Balaban J connectivity index is 1.73. The van der Waals surface area contributed by atoms with Crippen LogP contribution in [0.25, 0.3) is 0 Å². The zero-order valence-corrected chi connectivity index (χ0v) is 16.3. The molecule has 0 unspecified atom stereocenters. The molecule has 2 fully saturated rings. The van der Waals surface area contributed by atoms with E-state index >= 15 is 0 Å². The van der Waals surface area contributed by atoms with Crippen molar-refractivity contribution in [1.82, 2.24) is 9.97 Å². The van der Waals surface area contributed by atoms with Crippen LogP contribution in [0.3, 0.4) is 0 Å². The highest BCUT2D eigenvalue weighted by Gasteiger charge is 2.60. The van der Waals surface area contributed by atoms with E-state index < -0.39 is 5.79 Å². The molecule has 5 nitrogen and oxygen atoms in total. The van der Waals surface area contributed by atoms with Crippen LogP contribution in [0.2, 0.25) is 0 Å². The summed E-state index contributed by atoms with van der Waals surface area (Å²) in [6, 6.07) is 10.6. The fourth-order valence-electron chi connectivity index (χ4n) is 5.78. The molecule has 0 radical (unpaired) electrons. The fraction of sp³-hybridized carbons (Fsp3) is 0.524. The molecule has 2 heterocycles. The molecule has 0 bridgehead atoms. The average molecular weight is 385 g/mol. The Bertz CT molecular complexity index is 869. The number of hydrogen-bond acceptors (Lipinski definition) is 6. The number of hydrogen-bond donors (Lipinski definition) is 2. The molecular formula is C21H24N2O3S. The summed E-state index contributed by atoms with van der Waals surface area (Å²) in [6.45, 7) is 3.58. The minimum atomic E-state index is -0.487. The molecule has 1 N–H and O–H groups in total. The quantitative estimate of drug-likeness (QED) is 0.582. The van der Waals surface area contributed by atoms with Crippen molar-refractivity contribution in [2.24, 2.45) is 11.8 Å². The zero-order chi connectivity index (χ0) is 18.6. The predicted molar refractivity (Wildman–Crippen MR) is 103 cm³/mol. The second kappa shape index (κ2) is 6.19. The Kier molecular flexibility index (Phi) is 4.00. The SMILES string of the molecule is C[C@H]1[C@@H]2CCc3c(O)nc(S)nc3[C@@]2(c2ccccc2)CCC12OCCO2. The van der Waals surface area contributed by atoms with Gasteiger partial charge in [-0.2, -0.15) is 4.98 Å². The first kappa shape index (κ1) is 17.5. The Morgan fingerprint density at radius 1 is 1.11 bits per heavy atom. The van der Waals surface area contributed by atoms with E-state index in [4.69, 9.17) is 14.5 Å². The minimum Gasteiger partial charge on any atom is -0.493 e. The second-order valence-corrected chi connectivity index (χ2v) is 8.35. The molecule has 5 rings (SSSR count). The second-order valence-electron chi connectivity index (χ2n) is 7.95. The van der Waals surface area contributed by atoms with Gasteiger partial charge in [0.2, 0.25) is 5.88 Å². The molecule has 142 valence electrons. The van der Waals surface area contributed by atoms with Crippen LogP contribution in [-0.2, 0) is 21.3 Å². The van der Waals surface area contributed by atoms with Crippen LogP contribution in [-0.4, -0.2) is 34.1 Å². The van der Waals surface area contributed by atoms with Crippen LogP contribution >= 0.6 is 12.6 Å². The standard InChI is InChI=1S/C21H24N2O3S/c1-13-16-8-7-15-17(22-19(27)23-18(15)24)20(16,14-5-3-2-4-6-14)9-10-21(13)25-11-12-26-21/h2-6,13,16H,7-12H2,1H3,(H2,22,23,24,27)/t13-,16-,20+/m0/s1. The molecule has 3 atom stereocenters. The Hall–Kier alpha value is -1.63. The highest BCUT2D eigenvalue weighted by Crippen LogP contribution is 2.60. The van der Waals surface area contributed by atoms with Gasteiger partial charge in [-0.05, 0) is 30.7 Å². The fourth-order valence-corrected chi connectivity index (χ4v) is 5.97. The van der Waals surface area contributed by atoms with Gasteiger partial charge in [0.05, 0.1) is 18.9 Å². The smallest absolute Gasteiger partial charge is 0.218 e. The lowest BCUT2D eigenvalue weighted by Gasteiger charge is -2.55. The molecule has 1 aromatic carbocycles. The number of ether oxygens (including phenoxy) is 2. The number of rotatable bonds is 1. The lowest BCUT2D eigenvalue weighted by Crippen LogP contribution is -2.57. The average Bonchev–Trinajstić information content (AvgIpc) is 3.15. The van der Waals surface area contributed by atoms with Crippen molar-refractivity contribution in [3.05, 3.63) is 47.2 Å². The van der Waals surface area contributed by atoms with Gasteiger partial charge in [-0.25, -0.2) is 4.98 Å². The van der Waals surface area contributed by atoms with Crippen LogP contribution < -0.4 is 0 Å². The van der Waals surface area contributed by atoms with Crippen molar-refractivity contribution in [1.29, 1.82) is 0 Å². The van der Waals surface area contributed by atoms with Gasteiger partial charge in [-0.1, -0.05) is 37.3 Å². The van der Waals surface area contributed by atoms with Crippen molar-refractivity contribution in [3.8, 4) is 5.88 Å². The van der Waals surface area contributed by atoms with Gasteiger partial charge in [-0.15, -0.1) is 12.6 Å². The molecule has 1 aliphatic heterocycles. The molecule has 1 saturated carbocycles. The summed E-state index contributed by atoms with van der Waals surface area (Å²) < 4.78 is 12.3. The molecule has 6 heteroatoms. The number of benzene rings is 1. The van der Waals surface area contributed by atoms with Crippen molar-refractivity contribution in [3.63, 3.8) is 0 Å². The van der Waals surface area contributed by atoms with Crippen molar-refractivity contribution in [2.45, 2.75) is 49.0 Å². The first-order chi connectivity index (χ1) is 13.1. The van der Waals surface area contributed by atoms with Gasteiger partial charge < -0.3 is 14.6 Å². The monoisotopic (exact) mass is 384 g/mol. The summed E-state index contributed by atoms with van der Waals surface area (Å²) >= 11 is 4.37. The van der Waals surface area contributed by atoms with Gasteiger partial charge in [0.15, 0.2) is 10.9 Å². The van der Waals surface area contributed by atoms with E-state index in [-0.39, 0.29) is 17.2 Å². The predicted octanol–water partition coefficient (Wildman–Crippen LogP) is 3.49. The summed E-state index contributed by atoms with van der Waals surface area (Å²) in [7, 11) is 0. The van der Waals surface area contributed by atoms with Crippen LogP contribution in [0.1, 0.15) is 43.0 Å². The van der Waals surface area contributed by atoms with E-state index in [0.717, 1.165) is 36.9 Å². The van der Waals surface area contributed by atoms with Crippen molar-refractivity contribution in [2.75, 3.05) is 13.2 Å². The number of fused-ring (bicyclic) bond motifs is 3. The van der Waals surface area contributed by atoms with E-state index in [0.29, 0.717) is 24.3 Å². The van der Waals surface area contributed by atoms with Crippen molar-refractivity contribution >= 4 is 12.6 Å². The third-order valence-corrected chi connectivity index (χ3v) is 7.16. The third-order valence-electron chi connectivity index (χ3n) is 6.96. The van der Waals surface area contributed by atoms with Gasteiger partial charge in [0.25, 0.3) is 0 Å². The molecule has 2 aromatic rings. The number of aromatic hydroxyl groups is 1. The normalized spacial score (nSPS) is 31.5. The first-order valence-electron chi connectivity index (χ1n) is 9.69. The summed E-state index contributed by atoms with van der Waals surface area (Å²) in [5, 5.41) is 10.8. The van der Waals surface area contributed by atoms with E-state index in [1.54, 1.807) is 0 Å². The molecular weight excluding hydrogens is 360 g/mol. The van der Waals surface area contributed by atoms with Gasteiger partial charge >= 0.3 is 0 Å². The minimum absolute atomic E-state index is 0.0695. The van der Waals surface area contributed by atoms with Crippen LogP contribution in [0, 0.1) is 11.8 Å². The lowest BCUT2D eigenvalue weighted by atomic mass is 9.52. The van der Waals surface area contributed by atoms with E-state index in [1.165, 1.54) is 5.56 Å².